The predicted octanol–water partition coefficient (Wildman–Crippen LogP) is 4.33. The minimum Gasteiger partial charge on any atom is -0.439 e. The Hall–Kier alpha value is -6.16. The zero-order valence-electron chi connectivity index (χ0n) is 24.4. The molecule has 3 rings (SSSR count). The van der Waals surface area contributed by atoms with Gasteiger partial charge in [0, 0.05) is 11.4 Å². The van der Waals surface area contributed by atoms with E-state index in [9.17, 15) is 28.8 Å². The molecular formula is C30H28N6O9. The van der Waals surface area contributed by atoms with Gasteiger partial charge in [-0.2, -0.15) is 20.0 Å². The third-order valence-electron chi connectivity index (χ3n) is 5.25. The maximum atomic E-state index is 11.9. The highest BCUT2D eigenvalue weighted by molar-refractivity contribution is 5.94. The van der Waals surface area contributed by atoms with Crippen LogP contribution in [0.25, 0.3) is 0 Å². The molecule has 3 aromatic carbocycles. The molecule has 0 aliphatic carbocycles. The lowest BCUT2D eigenvalue weighted by Gasteiger charge is -2.09. The molecule has 0 radical (unpaired) electrons. The molecule has 15 nitrogen and oxygen atoms in total. The zero-order chi connectivity index (χ0) is 33.6. The minimum atomic E-state index is -0.852. The van der Waals surface area contributed by atoms with Crippen LogP contribution in [-0.4, -0.2) is 66.4 Å². The average Bonchev–Trinajstić information content (AvgIpc) is 3.02. The van der Waals surface area contributed by atoms with Crippen LogP contribution in [0.2, 0.25) is 0 Å². The van der Waals surface area contributed by atoms with E-state index in [0.717, 1.165) is 16.7 Å². The van der Waals surface area contributed by atoms with Gasteiger partial charge in [-0.25, -0.2) is 24.0 Å². The van der Waals surface area contributed by atoms with Crippen LogP contribution in [0, 0.1) is 20.8 Å². The molecule has 0 atom stereocenters. The smallest absolute Gasteiger partial charge is 0.412 e. The van der Waals surface area contributed by atoms with E-state index in [1.54, 1.807) is 57.2 Å². The van der Waals surface area contributed by atoms with Crippen LogP contribution < -0.4 is 10.6 Å². The number of carbonyl (C=O) groups excluding carboxylic acids is 6. The number of hydrogen-bond acceptors (Lipinski definition) is 13. The van der Waals surface area contributed by atoms with Gasteiger partial charge >= 0.3 is 6.09 Å². The number of rotatable bonds is 9. The van der Waals surface area contributed by atoms with E-state index in [1.807, 2.05) is 0 Å². The fourth-order valence-electron chi connectivity index (χ4n) is 3.09. The minimum absolute atomic E-state index is 0.125. The van der Waals surface area contributed by atoms with Gasteiger partial charge in [-0.15, -0.1) is 0 Å². The first-order valence-corrected chi connectivity index (χ1v) is 12.7. The first kappa shape index (κ1) is 36.9. The van der Waals surface area contributed by atoms with E-state index in [-0.39, 0.29) is 13.2 Å². The third-order valence-corrected chi connectivity index (χ3v) is 5.25. The number of aliphatic hydroxyl groups is 2. The summed E-state index contributed by atoms with van der Waals surface area (Å²) in [6, 6.07) is 14.4. The molecular weight excluding hydrogens is 588 g/mol. The summed E-state index contributed by atoms with van der Waals surface area (Å²) in [7, 11) is 0. The molecule has 3 aromatic rings. The Labute approximate surface area is 256 Å². The van der Waals surface area contributed by atoms with Gasteiger partial charge in [0.05, 0.1) is 36.0 Å². The number of isocyanates is 4. The van der Waals surface area contributed by atoms with Crippen molar-refractivity contribution in [1.29, 1.82) is 0 Å². The molecule has 45 heavy (non-hydrogen) atoms. The van der Waals surface area contributed by atoms with Gasteiger partial charge in [-0.1, -0.05) is 18.2 Å². The maximum Gasteiger partial charge on any atom is 0.412 e. The van der Waals surface area contributed by atoms with Gasteiger partial charge < -0.3 is 20.3 Å². The second-order valence-electron chi connectivity index (χ2n) is 8.48. The highest BCUT2D eigenvalue weighted by Crippen LogP contribution is 2.25. The summed E-state index contributed by atoms with van der Waals surface area (Å²) in [5.74, 6) is -0.574. The summed E-state index contributed by atoms with van der Waals surface area (Å²) in [6.07, 6.45) is 4.86. The topological polar surface area (TPSA) is 226 Å². The zero-order valence-corrected chi connectivity index (χ0v) is 24.4. The Balaban J connectivity index is 0.000000492. The Morgan fingerprint density at radius 3 is 1.51 bits per heavy atom. The second-order valence-corrected chi connectivity index (χ2v) is 8.48. The van der Waals surface area contributed by atoms with E-state index in [1.165, 1.54) is 42.5 Å². The molecule has 2 amide bonds. The highest BCUT2D eigenvalue weighted by Gasteiger charge is 2.10. The van der Waals surface area contributed by atoms with Crippen LogP contribution in [-0.2, 0) is 28.7 Å². The quantitative estimate of drug-likeness (QED) is 0.198. The fraction of sp³-hybridized carbons (Fsp3) is 0.200. The van der Waals surface area contributed by atoms with E-state index >= 15 is 0 Å². The van der Waals surface area contributed by atoms with Gasteiger partial charge in [-0.3, -0.25) is 10.1 Å². The molecule has 0 spiro atoms. The molecule has 0 aliphatic heterocycles. The molecule has 4 N–H and O–H groups in total. The van der Waals surface area contributed by atoms with E-state index in [4.69, 9.17) is 14.9 Å². The summed E-state index contributed by atoms with van der Waals surface area (Å²) in [4.78, 5) is 78.4. The summed E-state index contributed by atoms with van der Waals surface area (Å²) in [6.45, 7) is 4.52. The highest BCUT2D eigenvalue weighted by atomic mass is 16.6. The number of carbonyl (C=O) groups is 2. The molecule has 0 heterocycles. The molecule has 0 aromatic heterocycles. The summed E-state index contributed by atoms with van der Waals surface area (Å²) < 4.78 is 4.86. The number of aliphatic imine (C=N–C) groups is 4. The number of aliphatic hydroxyl groups excluding tert-OH is 2. The van der Waals surface area contributed by atoms with Crippen LogP contribution >= 0.6 is 0 Å². The number of amides is 2. The first-order valence-electron chi connectivity index (χ1n) is 12.7. The number of benzene rings is 3. The van der Waals surface area contributed by atoms with Crippen LogP contribution in [0.15, 0.2) is 74.6 Å². The van der Waals surface area contributed by atoms with Crippen LogP contribution in [0.1, 0.15) is 16.7 Å². The molecule has 15 heteroatoms. The molecule has 0 unspecified atom stereocenters. The largest absolute Gasteiger partial charge is 0.439 e. The van der Waals surface area contributed by atoms with Crippen molar-refractivity contribution in [2.45, 2.75) is 20.8 Å². The second kappa shape index (κ2) is 20.7. The average molecular weight is 617 g/mol. The normalized spacial score (nSPS) is 9.00. The standard InChI is InChI=1S/C19H16N4O5.C9H6N2O2.C2H6O2/c1-12-3-5-14(7-16(12)20-10-24)22-18(26)9-28-19(27)23-15-6-4-13(2)17(8-15)21-11-25;1-7-2-3-8(10-5-12)4-9(7)11-6-13;3-1-2-4/h3-8H,9H2,1-2H3,(H,22,26)(H,23,27);2-4H,1H3;3-4H,1-2H2. The molecule has 0 bridgehead atoms. The van der Waals surface area contributed by atoms with Gasteiger partial charge in [0.2, 0.25) is 24.3 Å². The first-order chi connectivity index (χ1) is 21.6. The van der Waals surface area contributed by atoms with E-state index < -0.39 is 18.6 Å². The molecule has 0 aliphatic rings. The van der Waals surface area contributed by atoms with E-state index in [2.05, 4.69) is 30.6 Å². The van der Waals surface area contributed by atoms with Crippen molar-refractivity contribution >= 4 is 70.4 Å². The Kier molecular flexibility index (Phi) is 16.9. The number of anilines is 2. The lowest BCUT2D eigenvalue weighted by Crippen LogP contribution is -2.23. The van der Waals surface area contributed by atoms with Crippen molar-refractivity contribution in [2.24, 2.45) is 20.0 Å². The number of nitrogens with zero attached hydrogens (tertiary/aromatic N) is 4. The summed E-state index contributed by atoms with van der Waals surface area (Å²) in [5.41, 5.74) is 4.67. The number of hydrogen-bond donors (Lipinski definition) is 4. The predicted molar refractivity (Wildman–Crippen MR) is 162 cm³/mol. The van der Waals surface area contributed by atoms with Crippen LogP contribution in [0.3, 0.4) is 0 Å². The van der Waals surface area contributed by atoms with Crippen molar-refractivity contribution in [3.8, 4) is 0 Å². The SMILES string of the molecule is Cc1ccc(N=C=O)cc1N=C=O.Cc1ccc(NC(=O)COC(=O)Nc2ccc(C)c(N=C=O)c2)cc1N=C=O.OCCO. The van der Waals surface area contributed by atoms with Crippen LogP contribution in [0.5, 0.6) is 0 Å². The van der Waals surface area contributed by atoms with Gasteiger partial charge in [0.15, 0.2) is 6.61 Å². The summed E-state index contributed by atoms with van der Waals surface area (Å²) in [5, 5.41) is 20.2. The molecule has 0 saturated heterocycles. The maximum absolute atomic E-state index is 11.9. The van der Waals surface area contributed by atoms with Crippen LogP contribution in [0.4, 0.5) is 38.9 Å². The van der Waals surface area contributed by atoms with Gasteiger partial charge in [0.25, 0.3) is 5.91 Å². The fourth-order valence-corrected chi connectivity index (χ4v) is 3.09. The van der Waals surface area contributed by atoms with Crippen molar-refractivity contribution in [3.63, 3.8) is 0 Å². The molecule has 232 valence electrons. The Bertz CT molecular complexity index is 1600. The lowest BCUT2D eigenvalue weighted by molar-refractivity contribution is -0.118. The molecule has 0 saturated carbocycles. The van der Waals surface area contributed by atoms with Gasteiger partial charge in [0.1, 0.15) is 0 Å². The monoisotopic (exact) mass is 616 g/mol. The summed E-state index contributed by atoms with van der Waals surface area (Å²) >= 11 is 0. The Morgan fingerprint density at radius 2 is 1.07 bits per heavy atom. The lowest BCUT2D eigenvalue weighted by atomic mass is 10.2. The van der Waals surface area contributed by atoms with Crippen molar-refractivity contribution in [1.82, 2.24) is 0 Å². The third kappa shape index (κ3) is 14.0. The number of ether oxygens (including phenoxy) is 1. The Morgan fingerprint density at radius 1 is 0.644 bits per heavy atom. The van der Waals surface area contributed by atoms with Crippen molar-refractivity contribution < 1.29 is 43.7 Å². The van der Waals surface area contributed by atoms with Gasteiger partial charge in [-0.05, 0) is 73.9 Å². The van der Waals surface area contributed by atoms with Crippen molar-refractivity contribution in [3.05, 3.63) is 71.3 Å². The molecule has 0 fully saturated rings. The van der Waals surface area contributed by atoms with Crippen molar-refractivity contribution in [2.75, 3.05) is 30.5 Å². The number of nitrogens with one attached hydrogen (secondary N) is 2. The number of aryl methyl sites for hydroxylation is 3. The van der Waals surface area contributed by atoms with E-state index in [0.29, 0.717) is 34.1 Å².